The van der Waals surface area contributed by atoms with Gasteiger partial charge in [0.2, 0.25) is 0 Å². The summed E-state index contributed by atoms with van der Waals surface area (Å²) in [5, 5.41) is 28.6. The largest absolute Gasteiger partial charge is 0.394 e. The lowest BCUT2D eigenvalue weighted by Crippen LogP contribution is -2.33. The van der Waals surface area contributed by atoms with Crippen molar-refractivity contribution in [3.8, 4) is 0 Å². The van der Waals surface area contributed by atoms with Crippen molar-refractivity contribution in [1.29, 1.82) is 0 Å². The van der Waals surface area contributed by atoms with Crippen LogP contribution in [0.2, 0.25) is 0 Å². The molecule has 1 saturated heterocycles. The topological polar surface area (TPSA) is 129 Å². The van der Waals surface area contributed by atoms with Crippen LogP contribution in [0, 0.1) is 11.9 Å². The summed E-state index contributed by atoms with van der Waals surface area (Å²) in [5.41, 5.74) is -1.32. The van der Waals surface area contributed by atoms with E-state index in [1.54, 1.807) is 0 Å². The lowest BCUT2D eigenvalue weighted by Gasteiger charge is -2.14. The molecule has 1 fully saturated rings. The highest BCUT2D eigenvalue weighted by molar-refractivity contribution is 5.69. The number of hydrogen-bond donors (Lipinski definition) is 4. The van der Waals surface area contributed by atoms with Crippen LogP contribution in [0.15, 0.2) is 10.9 Å². The third-order valence-electron chi connectivity index (χ3n) is 3.48. The Bertz CT molecular complexity index is 783. The second kappa shape index (κ2) is 5.32. The van der Waals surface area contributed by atoms with E-state index < -0.39 is 48.5 Å². The van der Waals surface area contributed by atoms with Gasteiger partial charge < -0.3 is 25.0 Å². The smallest absolute Gasteiger partial charge is 0.270 e. The number of aliphatic hydroxyl groups is 3. The molecule has 2 unspecified atom stereocenters. The van der Waals surface area contributed by atoms with Crippen molar-refractivity contribution in [3.05, 3.63) is 33.9 Å². The number of H-pyrrole nitrogens is 1. The lowest BCUT2D eigenvalue weighted by molar-refractivity contribution is -0.0231. The van der Waals surface area contributed by atoms with Crippen molar-refractivity contribution < 1.29 is 28.8 Å². The van der Waals surface area contributed by atoms with E-state index in [0.29, 0.717) is 0 Å². The van der Waals surface area contributed by atoms with E-state index in [4.69, 9.17) is 9.84 Å². The Balaban J connectivity index is 2.10. The van der Waals surface area contributed by atoms with Gasteiger partial charge in [0, 0.05) is 0 Å². The van der Waals surface area contributed by atoms with E-state index in [-0.39, 0.29) is 16.7 Å². The molecule has 22 heavy (non-hydrogen) atoms. The molecular formula is C12H11F2N3O5. The van der Waals surface area contributed by atoms with Gasteiger partial charge in [0.05, 0.1) is 12.2 Å². The van der Waals surface area contributed by atoms with Crippen LogP contribution in [0.4, 0.5) is 8.78 Å². The number of fused-ring (bicyclic) bond motifs is 1. The highest BCUT2D eigenvalue weighted by atomic mass is 19.2. The average Bonchev–Trinajstić information content (AvgIpc) is 2.76. The number of halogens is 2. The van der Waals surface area contributed by atoms with Crippen LogP contribution in [-0.2, 0) is 4.74 Å². The fourth-order valence-corrected chi connectivity index (χ4v) is 2.36. The first-order chi connectivity index (χ1) is 10.4. The van der Waals surface area contributed by atoms with E-state index in [1.807, 2.05) is 0 Å². The molecule has 8 nitrogen and oxygen atoms in total. The molecule has 2 aromatic heterocycles. The summed E-state index contributed by atoms with van der Waals surface area (Å²) in [5.74, 6) is -2.89. The number of aromatic nitrogens is 3. The van der Waals surface area contributed by atoms with Gasteiger partial charge in [-0.3, -0.25) is 4.79 Å². The molecule has 0 saturated carbocycles. The lowest BCUT2D eigenvalue weighted by atomic mass is 10.0. The summed E-state index contributed by atoms with van der Waals surface area (Å²) in [6, 6.07) is 1.09. The van der Waals surface area contributed by atoms with E-state index >= 15 is 0 Å². The summed E-state index contributed by atoms with van der Waals surface area (Å²) in [4.78, 5) is 20.7. The SMILES string of the molecule is O=c1[nH]c2nc(F)c(F)nc2cc1[C@@H]1O[C@H](CO)C(O)C1O. The average molecular weight is 315 g/mol. The van der Waals surface area contributed by atoms with Crippen LogP contribution in [0.25, 0.3) is 11.2 Å². The number of nitrogens with zero attached hydrogens (tertiary/aromatic N) is 2. The summed E-state index contributed by atoms with van der Waals surface area (Å²) in [6.45, 7) is -0.556. The zero-order valence-corrected chi connectivity index (χ0v) is 10.9. The normalized spacial score (nSPS) is 28.4. The maximum Gasteiger partial charge on any atom is 0.270 e. The first-order valence-corrected chi connectivity index (χ1v) is 6.30. The van der Waals surface area contributed by atoms with Crippen molar-refractivity contribution in [2.75, 3.05) is 6.61 Å². The standard InChI is InChI=1S/C12H11F2N3O5/c13-9-10(14)16-11-4(15-9)1-3(12(21)17-11)8-7(20)6(19)5(2-18)22-8/h1,5-8,18-20H,2H2,(H,16,17,21)/t5-,6?,7?,8+/m1/s1. The summed E-state index contributed by atoms with van der Waals surface area (Å²) >= 11 is 0. The molecule has 0 bridgehead atoms. The number of aromatic amines is 1. The van der Waals surface area contributed by atoms with E-state index in [1.165, 1.54) is 0 Å². The molecule has 1 aliphatic rings. The van der Waals surface area contributed by atoms with Gasteiger partial charge in [-0.25, -0.2) is 4.98 Å². The van der Waals surface area contributed by atoms with Crippen LogP contribution in [0.5, 0.6) is 0 Å². The monoisotopic (exact) mass is 315 g/mol. The molecule has 10 heteroatoms. The molecule has 3 heterocycles. The zero-order chi connectivity index (χ0) is 16.0. The van der Waals surface area contributed by atoms with Gasteiger partial charge in [-0.15, -0.1) is 0 Å². The molecule has 4 atom stereocenters. The third kappa shape index (κ3) is 2.25. The second-order valence-corrected chi connectivity index (χ2v) is 4.85. The van der Waals surface area contributed by atoms with E-state index in [0.717, 1.165) is 6.07 Å². The number of ether oxygens (including phenoxy) is 1. The second-order valence-electron chi connectivity index (χ2n) is 4.85. The van der Waals surface area contributed by atoms with Crippen molar-refractivity contribution in [2.45, 2.75) is 24.4 Å². The van der Waals surface area contributed by atoms with Crippen molar-refractivity contribution in [1.82, 2.24) is 15.0 Å². The molecule has 0 aromatic carbocycles. The van der Waals surface area contributed by atoms with Crippen LogP contribution >= 0.6 is 0 Å². The minimum Gasteiger partial charge on any atom is -0.394 e. The quantitative estimate of drug-likeness (QED) is 0.545. The van der Waals surface area contributed by atoms with Crippen molar-refractivity contribution in [3.63, 3.8) is 0 Å². The van der Waals surface area contributed by atoms with Gasteiger partial charge in [-0.1, -0.05) is 0 Å². The minimum atomic E-state index is -1.46. The summed E-state index contributed by atoms with van der Waals surface area (Å²) in [7, 11) is 0. The molecule has 118 valence electrons. The van der Waals surface area contributed by atoms with Crippen molar-refractivity contribution in [2.24, 2.45) is 0 Å². The first-order valence-electron chi connectivity index (χ1n) is 6.30. The molecule has 4 N–H and O–H groups in total. The molecule has 0 amide bonds. The molecule has 1 aliphatic heterocycles. The number of aliphatic hydroxyl groups excluding tert-OH is 3. The number of hydrogen-bond acceptors (Lipinski definition) is 7. The summed E-state index contributed by atoms with van der Waals surface area (Å²) < 4.78 is 31.3. The first kappa shape index (κ1) is 14.9. The van der Waals surface area contributed by atoms with E-state index in [9.17, 15) is 23.8 Å². The van der Waals surface area contributed by atoms with Crippen LogP contribution in [0.3, 0.4) is 0 Å². The highest BCUT2D eigenvalue weighted by Gasteiger charge is 2.44. The third-order valence-corrected chi connectivity index (χ3v) is 3.48. The Morgan fingerprint density at radius 1 is 1.23 bits per heavy atom. The maximum absolute atomic E-state index is 13.1. The van der Waals surface area contributed by atoms with Gasteiger partial charge >= 0.3 is 0 Å². The van der Waals surface area contributed by atoms with Gasteiger partial charge in [-0.2, -0.15) is 13.8 Å². The van der Waals surface area contributed by atoms with Gasteiger partial charge in [0.1, 0.15) is 29.9 Å². The van der Waals surface area contributed by atoms with Crippen LogP contribution < -0.4 is 5.56 Å². The number of nitrogens with one attached hydrogen (secondary N) is 1. The molecule has 2 aromatic rings. The van der Waals surface area contributed by atoms with Gasteiger partial charge in [0.25, 0.3) is 17.5 Å². The molecule has 3 rings (SSSR count). The van der Waals surface area contributed by atoms with Gasteiger partial charge in [0.15, 0.2) is 5.65 Å². The van der Waals surface area contributed by atoms with Gasteiger partial charge in [-0.05, 0) is 6.07 Å². The molecule has 0 aliphatic carbocycles. The number of pyridine rings is 1. The Kier molecular flexibility index (Phi) is 3.60. The van der Waals surface area contributed by atoms with Crippen molar-refractivity contribution >= 4 is 11.2 Å². The van der Waals surface area contributed by atoms with E-state index in [2.05, 4.69) is 15.0 Å². The Morgan fingerprint density at radius 2 is 1.91 bits per heavy atom. The minimum absolute atomic E-state index is 0.143. The highest BCUT2D eigenvalue weighted by Crippen LogP contribution is 2.32. The fourth-order valence-electron chi connectivity index (χ4n) is 2.36. The molecule has 0 spiro atoms. The molecular weight excluding hydrogens is 304 g/mol. The maximum atomic E-state index is 13.1. The van der Waals surface area contributed by atoms with Crippen LogP contribution in [0.1, 0.15) is 11.7 Å². The fraction of sp³-hybridized carbons (Fsp3) is 0.417. The molecule has 0 radical (unpaired) electrons. The predicted molar refractivity (Wildman–Crippen MR) is 66.8 cm³/mol. The Morgan fingerprint density at radius 3 is 2.55 bits per heavy atom. The predicted octanol–water partition coefficient (Wildman–Crippen LogP) is -1.25. The van der Waals surface area contributed by atoms with Crippen LogP contribution in [-0.4, -0.2) is 55.2 Å². The number of rotatable bonds is 2. The summed E-state index contributed by atoms with van der Waals surface area (Å²) in [6.07, 6.45) is -5.16. The zero-order valence-electron chi connectivity index (χ0n) is 10.9. The Hall–Kier alpha value is -2.01. The Labute approximate surface area is 121 Å².